The monoisotopic (exact) mass is 641 g/mol. The highest BCUT2D eigenvalue weighted by Gasteiger charge is 2.37. The van der Waals surface area contributed by atoms with Crippen LogP contribution in [0.4, 0.5) is 11.4 Å². The molecule has 0 fully saturated rings. The Labute approximate surface area is 290 Å². The second kappa shape index (κ2) is 11.5. The van der Waals surface area contributed by atoms with Crippen LogP contribution in [-0.4, -0.2) is 25.6 Å². The van der Waals surface area contributed by atoms with Gasteiger partial charge in [-0.15, -0.1) is 0 Å². The molecule has 1 aliphatic carbocycles. The maximum absolute atomic E-state index is 4.95. The fourth-order valence-electron chi connectivity index (χ4n) is 7.68. The largest absolute Gasteiger partial charge is 0.333 e. The third-order valence-electron chi connectivity index (χ3n) is 9.98. The molecule has 8 aromatic rings. The Balaban J connectivity index is 1.06. The average molecular weight is 642 g/mol. The van der Waals surface area contributed by atoms with Gasteiger partial charge in [-0.1, -0.05) is 121 Å². The van der Waals surface area contributed by atoms with E-state index in [1.54, 1.807) is 0 Å². The van der Waals surface area contributed by atoms with Crippen molar-refractivity contribution in [3.8, 4) is 39.9 Å². The normalized spacial score (nSPS) is 16.2. The van der Waals surface area contributed by atoms with E-state index >= 15 is 0 Å². The van der Waals surface area contributed by atoms with Gasteiger partial charge in [0, 0.05) is 50.4 Å². The van der Waals surface area contributed by atoms with Crippen LogP contribution in [0.2, 0.25) is 0 Å². The van der Waals surface area contributed by atoms with Crippen LogP contribution < -0.4 is 4.90 Å². The summed E-state index contributed by atoms with van der Waals surface area (Å²) in [5.41, 5.74) is 10.2. The van der Waals surface area contributed by atoms with E-state index in [4.69, 9.17) is 15.0 Å². The molecule has 0 radical (unpaired) electrons. The fourth-order valence-corrected chi connectivity index (χ4v) is 7.68. The van der Waals surface area contributed by atoms with Gasteiger partial charge in [0.15, 0.2) is 17.5 Å². The highest BCUT2D eigenvalue weighted by molar-refractivity contribution is 6.09. The zero-order valence-corrected chi connectivity index (χ0v) is 27.1. The van der Waals surface area contributed by atoms with Crippen LogP contribution in [0.25, 0.3) is 61.7 Å². The first-order valence-electron chi connectivity index (χ1n) is 17.0. The molecule has 0 N–H and O–H groups in total. The quantitative estimate of drug-likeness (QED) is 0.188. The van der Waals surface area contributed by atoms with Crippen LogP contribution in [-0.2, 0) is 0 Å². The summed E-state index contributed by atoms with van der Waals surface area (Å²) in [6.07, 6.45) is 9.01. The molecule has 1 aliphatic heterocycles. The summed E-state index contributed by atoms with van der Waals surface area (Å²) in [4.78, 5) is 17.2. The number of hydrogen-bond donors (Lipinski definition) is 0. The van der Waals surface area contributed by atoms with E-state index in [1.807, 2.05) is 60.7 Å². The summed E-state index contributed by atoms with van der Waals surface area (Å²) in [5.74, 6) is 2.22. The van der Waals surface area contributed by atoms with Crippen LogP contribution in [0, 0.1) is 0 Å². The Bertz CT molecular complexity index is 2490. The number of para-hydroxylation sites is 2. The molecule has 0 spiro atoms. The number of benzene rings is 6. The SMILES string of the molecule is C1=CC2c3cc(-n4c5ccccc5c5ccccc54)ccc3N(c3ccc(-c4nc(-c5ccccc5)nc(-c5ccccc5)n4)cc3)C2C=C1. The van der Waals surface area contributed by atoms with Crippen molar-refractivity contribution in [2.45, 2.75) is 12.0 Å². The van der Waals surface area contributed by atoms with E-state index in [1.165, 1.54) is 38.7 Å². The van der Waals surface area contributed by atoms with E-state index < -0.39 is 0 Å². The Kier molecular flexibility index (Phi) is 6.56. The molecule has 0 saturated heterocycles. The number of allylic oxidation sites excluding steroid dienone is 2. The number of rotatable bonds is 5. The van der Waals surface area contributed by atoms with Gasteiger partial charge in [-0.05, 0) is 60.2 Å². The van der Waals surface area contributed by atoms with Crippen LogP contribution in [0.5, 0.6) is 0 Å². The van der Waals surface area contributed by atoms with E-state index in [9.17, 15) is 0 Å². The summed E-state index contributed by atoms with van der Waals surface area (Å²) in [6, 6.07) is 53.4. The van der Waals surface area contributed by atoms with E-state index in [-0.39, 0.29) is 12.0 Å². The van der Waals surface area contributed by atoms with Crippen LogP contribution in [0.1, 0.15) is 11.5 Å². The highest BCUT2D eigenvalue weighted by Crippen LogP contribution is 2.49. The van der Waals surface area contributed by atoms with Crippen molar-refractivity contribution in [3.05, 3.63) is 182 Å². The van der Waals surface area contributed by atoms with Crippen molar-refractivity contribution in [1.82, 2.24) is 19.5 Å². The number of fused-ring (bicyclic) bond motifs is 6. The molecule has 2 unspecified atom stereocenters. The first kappa shape index (κ1) is 28.4. The topological polar surface area (TPSA) is 46.8 Å². The van der Waals surface area contributed by atoms with Gasteiger partial charge in [-0.2, -0.15) is 0 Å². The summed E-state index contributed by atoms with van der Waals surface area (Å²) < 4.78 is 2.40. The zero-order valence-electron chi connectivity index (χ0n) is 27.1. The molecule has 0 amide bonds. The Morgan fingerprint density at radius 1 is 0.440 bits per heavy atom. The Morgan fingerprint density at radius 3 is 1.54 bits per heavy atom. The van der Waals surface area contributed by atoms with Crippen molar-refractivity contribution >= 4 is 33.2 Å². The van der Waals surface area contributed by atoms with Crippen LogP contribution >= 0.6 is 0 Å². The van der Waals surface area contributed by atoms with Gasteiger partial charge in [0.1, 0.15) is 0 Å². The van der Waals surface area contributed by atoms with Gasteiger partial charge in [0.2, 0.25) is 0 Å². The van der Waals surface area contributed by atoms with Gasteiger partial charge in [0.05, 0.1) is 17.1 Å². The molecule has 50 heavy (non-hydrogen) atoms. The van der Waals surface area contributed by atoms with Crippen LogP contribution in [0.3, 0.4) is 0 Å². The molecule has 5 nitrogen and oxygen atoms in total. The minimum atomic E-state index is 0.181. The minimum Gasteiger partial charge on any atom is -0.333 e. The summed E-state index contributed by atoms with van der Waals surface area (Å²) >= 11 is 0. The van der Waals surface area contributed by atoms with E-state index in [0.29, 0.717) is 17.5 Å². The smallest absolute Gasteiger partial charge is 0.164 e. The predicted molar refractivity (Wildman–Crippen MR) is 204 cm³/mol. The van der Waals surface area contributed by atoms with Gasteiger partial charge >= 0.3 is 0 Å². The molecule has 3 heterocycles. The van der Waals surface area contributed by atoms with Crippen molar-refractivity contribution in [2.75, 3.05) is 4.90 Å². The number of nitrogens with zero attached hydrogens (tertiary/aromatic N) is 5. The lowest BCUT2D eigenvalue weighted by molar-refractivity contribution is 0.744. The molecule has 6 aromatic carbocycles. The second-order valence-electron chi connectivity index (χ2n) is 12.9. The molecule has 2 aromatic heterocycles. The number of hydrogen-bond acceptors (Lipinski definition) is 4. The first-order valence-corrected chi connectivity index (χ1v) is 17.0. The average Bonchev–Trinajstić information content (AvgIpc) is 3.71. The molecule has 5 heteroatoms. The van der Waals surface area contributed by atoms with E-state index in [2.05, 4.69) is 125 Å². The minimum absolute atomic E-state index is 0.181. The lowest BCUT2D eigenvalue weighted by Gasteiger charge is -2.28. The maximum atomic E-state index is 4.95. The van der Waals surface area contributed by atoms with Crippen molar-refractivity contribution in [1.29, 1.82) is 0 Å². The molecular formula is C45H31N5. The number of anilines is 2. The summed E-state index contributed by atoms with van der Waals surface area (Å²) in [7, 11) is 0. The van der Waals surface area contributed by atoms with Gasteiger partial charge in [-0.25, -0.2) is 15.0 Å². The van der Waals surface area contributed by atoms with Crippen molar-refractivity contribution < 1.29 is 0 Å². The highest BCUT2D eigenvalue weighted by atomic mass is 15.2. The molecular weight excluding hydrogens is 611 g/mol. The van der Waals surface area contributed by atoms with Crippen LogP contribution in [0.15, 0.2) is 176 Å². The zero-order chi connectivity index (χ0) is 33.0. The van der Waals surface area contributed by atoms with Crippen molar-refractivity contribution in [2.24, 2.45) is 0 Å². The summed E-state index contributed by atoms with van der Waals surface area (Å²) in [5, 5.41) is 2.54. The molecule has 0 bridgehead atoms. The van der Waals surface area contributed by atoms with Gasteiger partial charge in [0.25, 0.3) is 0 Å². The third kappa shape index (κ3) is 4.59. The Hall–Kier alpha value is -6.59. The van der Waals surface area contributed by atoms with Gasteiger partial charge in [-0.3, -0.25) is 0 Å². The molecule has 10 rings (SSSR count). The number of aromatic nitrogens is 4. The predicted octanol–water partition coefficient (Wildman–Crippen LogP) is 10.7. The lowest BCUT2D eigenvalue weighted by atomic mass is 9.91. The Morgan fingerprint density at radius 2 is 0.940 bits per heavy atom. The standard InChI is InChI=1S/C45H31N5/c1-3-13-30(14-4-1)43-46-44(31-15-5-2-6-16-31)48-45(47-43)32-23-25-33(26-24-32)49-41-22-12-9-19-37(41)38-29-34(27-28-42(38)49)50-39-20-10-7-17-35(39)36-18-8-11-21-40(36)50/h1-29,37,41H. The lowest BCUT2D eigenvalue weighted by Crippen LogP contribution is -2.28. The molecule has 0 saturated carbocycles. The third-order valence-corrected chi connectivity index (χ3v) is 9.98. The fraction of sp³-hybridized carbons (Fsp3) is 0.0444. The van der Waals surface area contributed by atoms with E-state index in [0.717, 1.165) is 22.4 Å². The molecule has 2 atom stereocenters. The first-order chi connectivity index (χ1) is 24.8. The second-order valence-corrected chi connectivity index (χ2v) is 12.9. The van der Waals surface area contributed by atoms with Crippen molar-refractivity contribution in [3.63, 3.8) is 0 Å². The molecule has 2 aliphatic rings. The molecule has 236 valence electrons. The van der Waals surface area contributed by atoms with Gasteiger partial charge < -0.3 is 9.47 Å². The summed E-state index contributed by atoms with van der Waals surface area (Å²) in [6.45, 7) is 0. The maximum Gasteiger partial charge on any atom is 0.164 e.